The van der Waals surface area contributed by atoms with Crippen LogP contribution in [0.2, 0.25) is 0 Å². The van der Waals surface area contributed by atoms with Crippen LogP contribution in [-0.4, -0.2) is 181 Å². The molecule has 26 heteroatoms. The number of urea groups is 2. The molecule has 2 aromatic carbocycles. The summed E-state index contributed by atoms with van der Waals surface area (Å²) >= 11 is 0. The number of hydrogen-bond acceptors (Lipinski definition) is 17. The highest BCUT2D eigenvalue weighted by atomic mass is 16.2. The zero-order chi connectivity index (χ0) is 52.0. The Morgan fingerprint density at radius 1 is 0.606 bits per heavy atom. The number of nitrogens with two attached hydrogens (primary N) is 4. The number of rotatable bonds is 7. The molecular formula is C45H58N14O12. The Bertz CT molecular complexity index is 2450. The normalized spacial score (nSPS) is 24.2. The van der Waals surface area contributed by atoms with Gasteiger partial charge in [0.2, 0.25) is 0 Å². The minimum atomic E-state index is -1.20. The quantitative estimate of drug-likeness (QED) is 0.0858. The lowest BCUT2D eigenvalue weighted by Gasteiger charge is -2.42. The summed E-state index contributed by atoms with van der Waals surface area (Å²) in [6.07, 6.45) is 3.59. The third-order valence-corrected chi connectivity index (χ3v) is 12.9. The van der Waals surface area contributed by atoms with E-state index in [-0.39, 0.29) is 77.7 Å². The van der Waals surface area contributed by atoms with Crippen molar-refractivity contribution in [2.24, 2.45) is 23.2 Å². The van der Waals surface area contributed by atoms with Crippen molar-refractivity contribution in [3.8, 4) is 0 Å². The fourth-order valence-electron chi connectivity index (χ4n) is 9.43. The van der Waals surface area contributed by atoms with Gasteiger partial charge < -0.3 is 22.1 Å². The van der Waals surface area contributed by atoms with Crippen LogP contribution in [0, 0.1) is 0 Å². The summed E-state index contributed by atoms with van der Waals surface area (Å²) < 4.78 is 0. The van der Waals surface area contributed by atoms with Crippen LogP contribution in [0.25, 0.3) is 0 Å². The largest absolute Gasteiger partial charge is 0.336 e. The van der Waals surface area contributed by atoms with Crippen molar-refractivity contribution in [2.75, 3.05) is 39.3 Å². The van der Waals surface area contributed by atoms with E-state index in [1.54, 1.807) is 36.4 Å². The van der Waals surface area contributed by atoms with Crippen LogP contribution >= 0.6 is 0 Å². The molecule has 0 aliphatic carbocycles. The maximum Gasteiger partial charge on any atom is 0.336 e. The van der Waals surface area contributed by atoms with E-state index in [1.165, 1.54) is 52.9 Å². The van der Waals surface area contributed by atoms with Gasteiger partial charge in [0.15, 0.2) is 17.3 Å². The molecule has 2 aromatic rings. The highest BCUT2D eigenvalue weighted by molar-refractivity contribution is 6.24. The third-order valence-electron chi connectivity index (χ3n) is 12.9. The lowest BCUT2D eigenvalue weighted by molar-refractivity contribution is -0.160. The molecule has 0 bridgehead atoms. The molecule has 11 N–H and O–H groups in total. The molecule has 5 fully saturated rings. The second kappa shape index (κ2) is 22.5. The minimum absolute atomic E-state index is 0.106. The van der Waals surface area contributed by atoms with E-state index in [9.17, 15) is 57.5 Å². The Kier molecular flexibility index (Phi) is 16.7. The van der Waals surface area contributed by atoms with E-state index < -0.39 is 77.7 Å². The van der Waals surface area contributed by atoms with Gasteiger partial charge in [-0.3, -0.25) is 74.4 Å². The van der Waals surface area contributed by atoms with Crippen molar-refractivity contribution >= 4 is 70.8 Å². The van der Waals surface area contributed by atoms with E-state index in [4.69, 9.17) is 11.5 Å². The van der Waals surface area contributed by atoms with Gasteiger partial charge in [0.25, 0.3) is 41.4 Å². The Balaban J connectivity index is 0.000000176. The van der Waals surface area contributed by atoms with Gasteiger partial charge in [0.05, 0.1) is 22.3 Å². The monoisotopic (exact) mass is 986 g/mol. The Labute approximate surface area is 407 Å². The van der Waals surface area contributed by atoms with Crippen LogP contribution in [0.4, 0.5) is 9.59 Å². The number of hydrazine groups is 4. The van der Waals surface area contributed by atoms with Crippen molar-refractivity contribution in [1.82, 2.24) is 50.9 Å². The number of ketones is 3. The first-order chi connectivity index (χ1) is 33.9. The second-order valence-corrected chi connectivity index (χ2v) is 17.3. The van der Waals surface area contributed by atoms with Gasteiger partial charge in [0.1, 0.15) is 36.3 Å². The summed E-state index contributed by atoms with van der Waals surface area (Å²) in [6.45, 7) is 5.16. The Morgan fingerprint density at radius 3 is 1.48 bits per heavy atom. The van der Waals surface area contributed by atoms with E-state index in [2.05, 4.69) is 27.7 Å². The number of nitrogens with zero attached hydrogens (tertiary/aromatic N) is 7. The first kappa shape index (κ1) is 52.8. The molecular weight excluding hydrogens is 929 g/mol. The molecule has 5 saturated heterocycles. The van der Waals surface area contributed by atoms with Crippen LogP contribution in [0.1, 0.15) is 101 Å². The number of fused-ring (bicyclic) bond motifs is 4. The first-order valence-electron chi connectivity index (χ1n) is 23.0. The van der Waals surface area contributed by atoms with Crippen LogP contribution in [0.3, 0.4) is 0 Å². The molecule has 7 aliphatic rings. The summed E-state index contributed by atoms with van der Waals surface area (Å²) in [6, 6.07) is 6.75. The van der Waals surface area contributed by atoms with Gasteiger partial charge in [-0.1, -0.05) is 24.3 Å². The van der Waals surface area contributed by atoms with Crippen LogP contribution in [0.15, 0.2) is 48.5 Å². The third kappa shape index (κ3) is 10.2. The Hall–Kier alpha value is -7.52. The van der Waals surface area contributed by atoms with Crippen molar-refractivity contribution < 1.29 is 57.5 Å². The second-order valence-electron chi connectivity index (χ2n) is 17.3. The van der Waals surface area contributed by atoms with Gasteiger partial charge in [-0.2, -0.15) is 0 Å². The Morgan fingerprint density at radius 2 is 1.03 bits per heavy atom. The van der Waals surface area contributed by atoms with Crippen molar-refractivity contribution in [1.29, 1.82) is 0 Å². The molecule has 71 heavy (non-hydrogen) atoms. The van der Waals surface area contributed by atoms with E-state index in [0.29, 0.717) is 45.2 Å². The predicted octanol–water partition coefficient (Wildman–Crippen LogP) is -2.48. The number of carbonyl (C=O) groups excluding carboxylic acids is 12. The molecule has 0 spiro atoms. The molecule has 26 nitrogen and oxygen atoms in total. The minimum Gasteiger partial charge on any atom is -0.334 e. The smallest absolute Gasteiger partial charge is 0.334 e. The fourth-order valence-corrected chi connectivity index (χ4v) is 9.43. The number of nitrogens with one attached hydrogen (secondary N) is 3. The molecule has 7 heterocycles. The fraction of sp³-hybridized carbons (Fsp3) is 0.467. The van der Waals surface area contributed by atoms with Gasteiger partial charge in [-0.05, 0) is 83.6 Å². The number of benzene rings is 2. The molecule has 380 valence electrons. The number of Topliss-reactive ketones (excluding diaryl/α,β-unsaturated/α-hetero) is 3. The lowest BCUT2D eigenvalue weighted by Crippen LogP contribution is -2.63. The number of carbonyl (C=O) groups is 12. The van der Waals surface area contributed by atoms with Crippen molar-refractivity contribution in [3.63, 3.8) is 0 Å². The van der Waals surface area contributed by atoms with Gasteiger partial charge in [0, 0.05) is 39.3 Å². The van der Waals surface area contributed by atoms with E-state index in [0.717, 1.165) is 21.2 Å². The maximum absolute atomic E-state index is 13.3. The molecule has 11 amide bonds. The molecule has 0 aromatic heterocycles. The number of hydrogen-bond donors (Lipinski definition) is 7. The molecule has 9 rings (SSSR count). The van der Waals surface area contributed by atoms with Crippen molar-refractivity contribution in [2.45, 2.75) is 95.5 Å². The van der Waals surface area contributed by atoms with Gasteiger partial charge in [-0.25, -0.2) is 35.1 Å². The number of amides is 11. The van der Waals surface area contributed by atoms with Gasteiger partial charge >= 0.3 is 12.1 Å². The molecule has 0 saturated carbocycles. The summed E-state index contributed by atoms with van der Waals surface area (Å²) in [4.78, 5) is 150. The topological polar surface area (TPSA) is 368 Å². The molecule has 0 unspecified atom stereocenters. The lowest BCUT2D eigenvalue weighted by atomic mass is 10.0. The standard InChI is InChI=1S/C18H18N4O5.C17H20N4O4.C10H16N4O3.H4N2/c1-10(23)13-7-4-8-20-18(27)19-9-14(17(26)22(13)20)21-15(24)11-5-2-3-6-12(11)16(21)25;1-10(22)13-7-4-8-19-21(13)17(25)14(9-18)20-15(23)11-5-2-3-6-12(11)16(20)24;1-6(15)8-3-2-4-13-10(17)12-5-7(11)9(16)14(8)13;1-2/h2-3,5-6,13-14H,4,7-9H2,1H3,(H,19,27);2-3,5-6,13-14,19H,4,7-9,18H2,1H3;7-8H,2-5,11H2,1H3,(H,12,17);1-2H2/t2*13-,14-;7-,8-;/m000./s1. The SMILES string of the molecule is CC(=O)[C@@H]1CCCN2C(=O)NC[C@H](N)C(=O)N12.CC(=O)[C@@H]1CCCN2C(=O)NC[C@H](N3C(=O)c4ccccc4C3=O)C(=O)N12.CC(=O)[C@@H]1CCCNN1C(=O)[C@H](CN)N1C(=O)c2ccccc2C1=O.NN. The summed E-state index contributed by atoms with van der Waals surface area (Å²) in [5.74, 6) is 3.72. The van der Waals surface area contributed by atoms with Crippen LogP contribution in [-0.2, 0) is 28.8 Å². The van der Waals surface area contributed by atoms with Crippen molar-refractivity contribution in [3.05, 3.63) is 70.8 Å². The summed E-state index contributed by atoms with van der Waals surface area (Å²) in [5.41, 5.74) is 15.3. The first-order valence-corrected chi connectivity index (χ1v) is 23.0. The maximum atomic E-state index is 13.3. The molecule has 6 atom stereocenters. The van der Waals surface area contributed by atoms with E-state index >= 15 is 0 Å². The molecule has 0 radical (unpaired) electrons. The van der Waals surface area contributed by atoms with Crippen LogP contribution in [0.5, 0.6) is 0 Å². The highest BCUT2D eigenvalue weighted by Gasteiger charge is 2.50. The average molecular weight is 987 g/mol. The highest BCUT2D eigenvalue weighted by Crippen LogP contribution is 2.30. The summed E-state index contributed by atoms with van der Waals surface area (Å²) in [7, 11) is 0. The molecule has 7 aliphatic heterocycles. The average Bonchev–Trinajstić information content (AvgIpc) is 3.68. The number of imide groups is 2. The zero-order valence-electron chi connectivity index (χ0n) is 39.4. The predicted molar refractivity (Wildman–Crippen MR) is 247 cm³/mol. The van der Waals surface area contributed by atoms with Gasteiger partial charge in [-0.15, -0.1) is 0 Å². The summed E-state index contributed by atoms with van der Waals surface area (Å²) in [5, 5.41) is 11.3. The van der Waals surface area contributed by atoms with Crippen LogP contribution < -0.4 is 39.2 Å². The van der Waals surface area contributed by atoms with E-state index in [1.807, 2.05) is 0 Å². The zero-order valence-corrected chi connectivity index (χ0v) is 39.4.